The van der Waals surface area contributed by atoms with Gasteiger partial charge >= 0.3 is 6.18 Å². The second kappa shape index (κ2) is 7.47. The molecule has 0 spiro atoms. The standard InChI is InChI=1S/C22H23F3N4O2/c1-10(14-5-15(22(23,24)25)7-16(26)6-14)27-21-17-8-19-20(31-12(3)11(2)30-19)9-18(17)28-13(4)29-21/h5-12H,26H2,1-4H3,(H,27,28,29). The predicted octanol–water partition coefficient (Wildman–Crippen LogP) is 5.26. The third-order valence-electron chi connectivity index (χ3n) is 5.32. The maximum atomic E-state index is 13.2. The molecule has 3 atom stereocenters. The number of rotatable bonds is 3. The maximum Gasteiger partial charge on any atom is 0.416 e. The number of aryl methyl sites for hydroxylation is 1. The lowest BCUT2D eigenvalue weighted by Gasteiger charge is -2.30. The minimum absolute atomic E-state index is 0.0462. The van der Waals surface area contributed by atoms with Crippen LogP contribution in [0, 0.1) is 6.92 Å². The number of nitrogens with one attached hydrogen (secondary N) is 1. The van der Waals surface area contributed by atoms with E-state index in [2.05, 4.69) is 15.3 Å². The topological polar surface area (TPSA) is 82.3 Å². The van der Waals surface area contributed by atoms with E-state index in [1.54, 1.807) is 26.0 Å². The number of nitrogen functional groups attached to an aromatic ring is 1. The zero-order valence-electron chi connectivity index (χ0n) is 17.5. The number of nitrogens with two attached hydrogens (primary N) is 1. The van der Waals surface area contributed by atoms with Crippen LogP contribution in [0.1, 0.15) is 43.8 Å². The van der Waals surface area contributed by atoms with Gasteiger partial charge in [-0.25, -0.2) is 9.97 Å². The Balaban J connectivity index is 1.73. The van der Waals surface area contributed by atoms with Gasteiger partial charge in [-0.05, 0) is 57.5 Å². The van der Waals surface area contributed by atoms with Gasteiger partial charge in [-0.15, -0.1) is 0 Å². The predicted molar refractivity (Wildman–Crippen MR) is 112 cm³/mol. The molecule has 4 rings (SSSR count). The number of benzene rings is 2. The van der Waals surface area contributed by atoms with Gasteiger partial charge in [-0.1, -0.05) is 0 Å². The number of halogens is 3. The van der Waals surface area contributed by atoms with Gasteiger partial charge in [0.15, 0.2) is 11.5 Å². The molecule has 0 fully saturated rings. The van der Waals surface area contributed by atoms with E-state index in [0.29, 0.717) is 39.6 Å². The number of ether oxygens (including phenoxy) is 2. The van der Waals surface area contributed by atoms with E-state index in [4.69, 9.17) is 15.2 Å². The Morgan fingerprint density at radius 2 is 1.65 bits per heavy atom. The summed E-state index contributed by atoms with van der Waals surface area (Å²) >= 11 is 0. The van der Waals surface area contributed by atoms with Gasteiger partial charge in [-0.2, -0.15) is 13.2 Å². The number of nitrogens with zero attached hydrogens (tertiary/aromatic N) is 2. The second-order valence-electron chi connectivity index (χ2n) is 7.83. The van der Waals surface area contributed by atoms with Gasteiger partial charge in [0.1, 0.15) is 23.9 Å². The molecule has 3 N–H and O–H groups in total. The third-order valence-corrected chi connectivity index (χ3v) is 5.32. The monoisotopic (exact) mass is 432 g/mol. The van der Waals surface area contributed by atoms with E-state index >= 15 is 0 Å². The van der Waals surface area contributed by atoms with Crippen LogP contribution in [0.15, 0.2) is 30.3 Å². The van der Waals surface area contributed by atoms with Crippen molar-refractivity contribution >= 4 is 22.4 Å². The first-order chi connectivity index (χ1) is 14.5. The molecule has 0 aliphatic carbocycles. The number of alkyl halides is 3. The largest absolute Gasteiger partial charge is 0.483 e. The highest BCUT2D eigenvalue weighted by Crippen LogP contribution is 2.39. The summed E-state index contributed by atoms with van der Waals surface area (Å²) in [5.41, 5.74) is 6.02. The number of fused-ring (bicyclic) bond motifs is 2. The molecule has 1 aliphatic heterocycles. The fraction of sp³-hybridized carbons (Fsp3) is 0.364. The van der Waals surface area contributed by atoms with E-state index in [1.807, 2.05) is 13.8 Å². The van der Waals surface area contributed by atoms with Gasteiger partial charge < -0.3 is 20.5 Å². The van der Waals surface area contributed by atoms with Crippen LogP contribution in [-0.4, -0.2) is 22.2 Å². The summed E-state index contributed by atoms with van der Waals surface area (Å²) in [7, 11) is 0. The number of anilines is 2. The molecule has 0 saturated carbocycles. The van der Waals surface area contributed by atoms with E-state index in [1.165, 1.54) is 6.07 Å². The number of hydrogen-bond acceptors (Lipinski definition) is 6. The third kappa shape index (κ3) is 4.17. The summed E-state index contributed by atoms with van der Waals surface area (Å²) in [6, 6.07) is 6.62. The molecular weight excluding hydrogens is 409 g/mol. The van der Waals surface area contributed by atoms with Crippen LogP contribution in [0.5, 0.6) is 11.5 Å². The van der Waals surface area contributed by atoms with Gasteiger partial charge in [0.05, 0.1) is 17.1 Å². The molecule has 2 heterocycles. The molecule has 0 radical (unpaired) electrons. The van der Waals surface area contributed by atoms with Crippen molar-refractivity contribution in [3.05, 3.63) is 47.3 Å². The van der Waals surface area contributed by atoms with Crippen molar-refractivity contribution in [1.29, 1.82) is 0 Å². The molecule has 2 aromatic carbocycles. The molecule has 0 saturated heterocycles. The first-order valence-electron chi connectivity index (χ1n) is 9.91. The highest BCUT2D eigenvalue weighted by Gasteiger charge is 2.31. The maximum absolute atomic E-state index is 13.2. The molecule has 164 valence electrons. The molecule has 9 heteroatoms. The molecule has 31 heavy (non-hydrogen) atoms. The summed E-state index contributed by atoms with van der Waals surface area (Å²) in [5, 5.41) is 3.89. The Morgan fingerprint density at radius 3 is 2.29 bits per heavy atom. The van der Waals surface area contributed by atoms with Crippen LogP contribution in [0.4, 0.5) is 24.7 Å². The minimum Gasteiger partial charge on any atom is -0.483 e. The zero-order valence-corrected chi connectivity index (χ0v) is 17.5. The molecule has 3 unspecified atom stereocenters. The average molecular weight is 432 g/mol. The summed E-state index contributed by atoms with van der Waals surface area (Å²) in [6.07, 6.45) is -4.71. The minimum atomic E-state index is -4.48. The first-order valence-corrected chi connectivity index (χ1v) is 9.91. The van der Waals surface area contributed by atoms with Crippen LogP contribution in [0.2, 0.25) is 0 Å². The van der Waals surface area contributed by atoms with Crippen LogP contribution in [-0.2, 0) is 6.18 Å². The van der Waals surface area contributed by atoms with Crippen molar-refractivity contribution in [3.63, 3.8) is 0 Å². The van der Waals surface area contributed by atoms with Crippen LogP contribution in [0.25, 0.3) is 10.9 Å². The summed E-state index contributed by atoms with van der Waals surface area (Å²) in [4.78, 5) is 8.94. The normalized spacial score (nSPS) is 19.3. The quantitative estimate of drug-likeness (QED) is 0.550. The van der Waals surface area contributed by atoms with Crippen molar-refractivity contribution in [2.75, 3.05) is 11.1 Å². The summed E-state index contributed by atoms with van der Waals surface area (Å²) < 4.78 is 51.4. The molecule has 1 aliphatic rings. The fourth-order valence-electron chi connectivity index (χ4n) is 3.52. The van der Waals surface area contributed by atoms with E-state index in [0.717, 1.165) is 12.1 Å². The highest BCUT2D eigenvalue weighted by atomic mass is 19.4. The lowest BCUT2D eigenvalue weighted by Crippen LogP contribution is -2.34. The smallest absolute Gasteiger partial charge is 0.416 e. The Kier molecular flexibility index (Phi) is 5.07. The summed E-state index contributed by atoms with van der Waals surface area (Å²) in [6.45, 7) is 7.35. The van der Waals surface area contributed by atoms with E-state index < -0.39 is 17.8 Å². The Morgan fingerprint density at radius 1 is 1.00 bits per heavy atom. The number of aromatic nitrogens is 2. The van der Waals surface area contributed by atoms with Crippen molar-refractivity contribution in [2.24, 2.45) is 0 Å². The lowest BCUT2D eigenvalue weighted by atomic mass is 10.0. The molecule has 6 nitrogen and oxygen atoms in total. The summed E-state index contributed by atoms with van der Waals surface area (Å²) in [5.74, 6) is 2.18. The Labute approximate surface area is 177 Å². The fourth-order valence-corrected chi connectivity index (χ4v) is 3.52. The van der Waals surface area contributed by atoms with Crippen molar-refractivity contribution in [1.82, 2.24) is 9.97 Å². The van der Waals surface area contributed by atoms with Crippen LogP contribution in [0.3, 0.4) is 0 Å². The van der Waals surface area contributed by atoms with E-state index in [9.17, 15) is 13.2 Å². The van der Waals surface area contributed by atoms with Crippen LogP contribution >= 0.6 is 0 Å². The Bertz CT molecular complexity index is 1150. The van der Waals surface area contributed by atoms with E-state index in [-0.39, 0.29) is 17.9 Å². The second-order valence-corrected chi connectivity index (χ2v) is 7.83. The molecule has 0 amide bonds. The van der Waals surface area contributed by atoms with Gasteiger partial charge in [0.25, 0.3) is 0 Å². The zero-order chi connectivity index (χ0) is 22.5. The molecule has 3 aromatic rings. The average Bonchev–Trinajstić information content (AvgIpc) is 2.66. The van der Waals surface area contributed by atoms with Gasteiger partial charge in [0.2, 0.25) is 0 Å². The number of hydrogen-bond donors (Lipinski definition) is 2. The van der Waals surface area contributed by atoms with Crippen molar-refractivity contribution in [3.8, 4) is 11.5 Å². The van der Waals surface area contributed by atoms with Crippen molar-refractivity contribution in [2.45, 2.75) is 52.1 Å². The molecule has 1 aromatic heterocycles. The first kappa shape index (κ1) is 21.0. The molecule has 0 bridgehead atoms. The van der Waals surface area contributed by atoms with Gasteiger partial charge in [-0.3, -0.25) is 0 Å². The van der Waals surface area contributed by atoms with Gasteiger partial charge in [0, 0.05) is 17.1 Å². The van der Waals surface area contributed by atoms with Crippen molar-refractivity contribution < 1.29 is 22.6 Å². The molecular formula is C22H23F3N4O2. The Hall–Kier alpha value is -3.23. The SMILES string of the molecule is Cc1nc(NC(C)c2cc(N)cc(C(F)(F)F)c2)c2cc3c(cc2n1)OC(C)C(C)O3. The lowest BCUT2D eigenvalue weighted by molar-refractivity contribution is -0.137. The van der Waals surface area contributed by atoms with Crippen LogP contribution < -0.4 is 20.5 Å². The highest BCUT2D eigenvalue weighted by molar-refractivity contribution is 5.92.